The maximum absolute atomic E-state index is 5.45. The predicted molar refractivity (Wildman–Crippen MR) is 136 cm³/mol. The van der Waals surface area contributed by atoms with Crippen LogP contribution in [-0.4, -0.2) is 34.6 Å². The van der Waals surface area contributed by atoms with Gasteiger partial charge in [-0.2, -0.15) is 21.9 Å². The van der Waals surface area contributed by atoms with Crippen molar-refractivity contribution in [2.75, 3.05) is 28.4 Å². The van der Waals surface area contributed by atoms with Crippen LogP contribution in [0.15, 0.2) is 97.1 Å². The van der Waals surface area contributed by atoms with Gasteiger partial charge < -0.3 is 18.9 Å². The van der Waals surface area contributed by atoms with Crippen LogP contribution in [0.1, 0.15) is 0 Å². The van der Waals surface area contributed by atoms with Crippen LogP contribution in [0.3, 0.4) is 0 Å². The largest absolute Gasteiger partial charge is 1.00 e. The summed E-state index contributed by atoms with van der Waals surface area (Å²) >= 11 is 0. The molecule has 0 amide bonds. The molecule has 0 spiro atoms. The van der Waals surface area contributed by atoms with Gasteiger partial charge >= 0.3 is 29.6 Å². The van der Waals surface area contributed by atoms with E-state index in [4.69, 9.17) is 18.9 Å². The molecule has 0 saturated heterocycles. The fraction of sp³-hybridized carbons (Fsp3) is 0.143. The first-order valence-electron chi connectivity index (χ1n) is 10.9. The van der Waals surface area contributed by atoms with Gasteiger partial charge in [0.2, 0.25) is 0 Å². The van der Waals surface area contributed by atoms with E-state index >= 15 is 0 Å². The Kier molecular flexibility index (Phi) is 8.73. The maximum atomic E-state index is 5.45. The molecule has 4 aromatic carbocycles. The van der Waals surface area contributed by atoms with Gasteiger partial charge in [0.1, 0.15) is 29.1 Å². The van der Waals surface area contributed by atoms with Crippen molar-refractivity contribution in [3.63, 3.8) is 0 Å². The smallest absolute Gasteiger partial charge is 0.497 e. The molecule has 4 nitrogen and oxygen atoms in total. The van der Waals surface area contributed by atoms with Crippen LogP contribution in [0.2, 0.25) is 0 Å². The summed E-state index contributed by atoms with van der Waals surface area (Å²) in [7, 11) is 6.74. The van der Waals surface area contributed by atoms with Crippen LogP contribution in [-0.2, 0) is 0 Å². The Balaban J connectivity index is 0.00000324. The van der Waals surface area contributed by atoms with Crippen molar-refractivity contribution >= 4 is 28.0 Å². The summed E-state index contributed by atoms with van der Waals surface area (Å²) in [5.74, 6) is 3.29. The Labute approximate surface area is 224 Å². The number of hydrogen-bond acceptors (Lipinski definition) is 4. The Morgan fingerprint density at radius 3 is 0.676 bits per heavy atom. The molecule has 0 fully saturated rings. The summed E-state index contributed by atoms with van der Waals surface area (Å²) < 4.78 is 21.8. The first-order chi connectivity index (χ1) is 16.1. The fourth-order valence-electron chi connectivity index (χ4n) is 4.73. The quantitative estimate of drug-likeness (QED) is 0.349. The monoisotopic (exact) mass is 462 g/mol. The van der Waals surface area contributed by atoms with Gasteiger partial charge in [-0.1, -0.05) is 48.5 Å². The third-order valence-electron chi connectivity index (χ3n) is 6.46. The zero-order valence-corrected chi connectivity index (χ0v) is 22.4. The minimum absolute atomic E-state index is 0. The fourth-order valence-corrected chi connectivity index (χ4v) is 4.73. The summed E-state index contributed by atoms with van der Waals surface area (Å²) in [5.41, 5.74) is 4.71. The molecule has 0 aliphatic carbocycles. The van der Waals surface area contributed by atoms with E-state index < -0.39 is 6.15 Å². The normalized spacial score (nSPS) is 10.7. The van der Waals surface area contributed by atoms with Crippen LogP contribution in [0.4, 0.5) is 0 Å². The van der Waals surface area contributed by atoms with Crippen molar-refractivity contribution in [1.82, 2.24) is 0 Å². The molecule has 0 radical (unpaired) electrons. The molecule has 0 heterocycles. The second kappa shape index (κ2) is 11.5. The van der Waals surface area contributed by atoms with E-state index in [0.29, 0.717) is 0 Å². The van der Waals surface area contributed by atoms with Gasteiger partial charge in [-0.05, 0) is 48.5 Å². The van der Waals surface area contributed by atoms with Gasteiger partial charge in [0.25, 0.3) is 0 Å². The van der Waals surface area contributed by atoms with Gasteiger partial charge in [-0.25, -0.2) is 0 Å². The van der Waals surface area contributed by atoms with E-state index in [1.165, 1.54) is 21.9 Å². The molecule has 0 aliphatic heterocycles. The maximum Gasteiger partial charge on any atom is 1.00 e. The summed E-state index contributed by atoms with van der Waals surface area (Å²) in [4.78, 5) is 0. The second-order valence-corrected chi connectivity index (χ2v) is 7.96. The molecule has 34 heavy (non-hydrogen) atoms. The number of rotatable bonds is 8. The van der Waals surface area contributed by atoms with Gasteiger partial charge in [0.05, 0.1) is 28.4 Å². The number of hydrogen-bond donors (Lipinski definition) is 0. The van der Waals surface area contributed by atoms with Gasteiger partial charge in [-0.3, -0.25) is 0 Å². The molecule has 0 aromatic heterocycles. The Bertz CT molecular complexity index is 980. The number of methoxy groups -OCH3 is 4. The average Bonchev–Trinajstić information content (AvgIpc) is 2.90. The van der Waals surface area contributed by atoms with Crippen LogP contribution < -0.4 is 70.4 Å². The second-order valence-electron chi connectivity index (χ2n) is 7.96. The van der Waals surface area contributed by atoms with Crippen molar-refractivity contribution in [3.8, 4) is 23.0 Å². The van der Waals surface area contributed by atoms with E-state index in [0.717, 1.165) is 23.0 Å². The average molecular weight is 462 g/mol. The molecule has 0 unspecified atom stereocenters. The molecule has 0 atom stereocenters. The van der Waals surface area contributed by atoms with Crippen LogP contribution >= 0.6 is 0 Å². The zero-order chi connectivity index (χ0) is 23.3. The molecular formula is C28H28BNaO4. The topological polar surface area (TPSA) is 36.9 Å². The van der Waals surface area contributed by atoms with Crippen molar-refractivity contribution < 1.29 is 48.5 Å². The molecule has 4 rings (SSSR count). The van der Waals surface area contributed by atoms with E-state index in [9.17, 15) is 0 Å². The molecule has 168 valence electrons. The summed E-state index contributed by atoms with van der Waals surface area (Å²) in [6, 6.07) is 33.3. The van der Waals surface area contributed by atoms with Gasteiger partial charge in [0, 0.05) is 0 Å². The zero-order valence-electron chi connectivity index (χ0n) is 20.4. The Hall–Kier alpha value is -2.86. The number of ether oxygens (including phenoxy) is 4. The first-order valence-corrected chi connectivity index (χ1v) is 10.9. The molecule has 4 aromatic rings. The SMILES string of the molecule is COc1ccc([B-](c2ccc(OC)cc2)(c2ccc(OC)cc2)c2ccc(OC)cc2)cc1.[Na+]. The predicted octanol–water partition coefficient (Wildman–Crippen LogP) is 0.102. The third kappa shape index (κ3) is 4.83. The third-order valence-corrected chi connectivity index (χ3v) is 6.46. The minimum Gasteiger partial charge on any atom is -0.497 e. The minimum atomic E-state index is -1.52. The van der Waals surface area contributed by atoms with E-state index in [-0.39, 0.29) is 29.6 Å². The molecule has 0 N–H and O–H groups in total. The summed E-state index contributed by atoms with van der Waals surface area (Å²) in [6.07, 6.45) is -1.52. The molecular weight excluding hydrogens is 434 g/mol. The Morgan fingerprint density at radius 2 is 0.529 bits per heavy atom. The molecule has 0 saturated carbocycles. The van der Waals surface area contributed by atoms with Crippen molar-refractivity contribution in [2.45, 2.75) is 0 Å². The summed E-state index contributed by atoms with van der Waals surface area (Å²) in [5, 5.41) is 0. The number of benzene rings is 4. The van der Waals surface area contributed by atoms with Gasteiger partial charge in [-0.15, -0.1) is 0 Å². The van der Waals surface area contributed by atoms with Crippen LogP contribution in [0, 0.1) is 0 Å². The molecule has 6 heteroatoms. The molecule has 0 bridgehead atoms. The van der Waals surface area contributed by atoms with Crippen molar-refractivity contribution in [2.24, 2.45) is 0 Å². The van der Waals surface area contributed by atoms with Crippen molar-refractivity contribution in [3.05, 3.63) is 97.1 Å². The van der Waals surface area contributed by atoms with E-state index in [1.54, 1.807) is 28.4 Å². The first kappa shape index (κ1) is 25.8. The van der Waals surface area contributed by atoms with E-state index in [2.05, 4.69) is 48.5 Å². The van der Waals surface area contributed by atoms with E-state index in [1.807, 2.05) is 48.5 Å². The standard InChI is InChI=1S/C28H28BO4.Na/c1-30-25-13-5-21(6-14-25)29(22-7-15-26(31-2)16-8-22,23-9-17-27(32-3)18-10-23)24-11-19-28(33-4)20-12-24;/h5-20H,1-4H3;/q-1;+1. The van der Waals surface area contributed by atoms with Crippen molar-refractivity contribution in [1.29, 1.82) is 0 Å². The molecule has 0 aliphatic rings. The van der Waals surface area contributed by atoms with Crippen LogP contribution in [0.5, 0.6) is 23.0 Å². The van der Waals surface area contributed by atoms with Crippen LogP contribution in [0.25, 0.3) is 0 Å². The Morgan fingerprint density at radius 1 is 0.353 bits per heavy atom. The summed E-state index contributed by atoms with van der Waals surface area (Å²) in [6.45, 7) is 0. The van der Waals surface area contributed by atoms with Gasteiger partial charge in [0.15, 0.2) is 0 Å².